The molecule has 0 N–H and O–H groups in total. The highest BCUT2D eigenvalue weighted by atomic mass is 35.5. The molecule has 0 spiro atoms. The third kappa shape index (κ3) is 2.82. The molecule has 1 aliphatic heterocycles. The molecule has 2 aromatic heterocycles. The standard InChI is InChI=1S/C16H24ClN3O2Si/c1-15(2,3)14(22-23(4)5)16(8-21-9-16)20-7-6-11-12(17)18-10-19-13(11)20/h6-7,10,14,23H,8-9H2,1-5H3. The minimum atomic E-state index is -1.21. The van der Waals surface area contributed by atoms with Gasteiger partial charge in [-0.15, -0.1) is 0 Å². The summed E-state index contributed by atoms with van der Waals surface area (Å²) in [5.74, 6) is 0. The van der Waals surface area contributed by atoms with E-state index in [0.717, 1.165) is 11.0 Å². The van der Waals surface area contributed by atoms with Crippen molar-refractivity contribution in [1.29, 1.82) is 0 Å². The molecule has 0 amide bonds. The molecule has 1 fully saturated rings. The van der Waals surface area contributed by atoms with Crippen LogP contribution in [-0.2, 0) is 14.7 Å². The van der Waals surface area contributed by atoms with Crippen LogP contribution in [0.1, 0.15) is 20.8 Å². The smallest absolute Gasteiger partial charge is 0.171 e. The molecule has 23 heavy (non-hydrogen) atoms. The quantitative estimate of drug-likeness (QED) is 0.625. The Balaban J connectivity index is 2.13. The van der Waals surface area contributed by atoms with Crippen LogP contribution in [0.5, 0.6) is 0 Å². The van der Waals surface area contributed by atoms with Crippen LogP contribution in [0.2, 0.25) is 18.2 Å². The van der Waals surface area contributed by atoms with Crippen LogP contribution in [0.4, 0.5) is 0 Å². The van der Waals surface area contributed by atoms with Gasteiger partial charge in [0.25, 0.3) is 0 Å². The minimum absolute atomic E-state index is 0.00549. The molecule has 1 saturated heterocycles. The molecule has 1 aliphatic rings. The van der Waals surface area contributed by atoms with E-state index in [1.165, 1.54) is 6.33 Å². The molecule has 2 aromatic rings. The van der Waals surface area contributed by atoms with Crippen LogP contribution in [0.3, 0.4) is 0 Å². The number of ether oxygens (including phenoxy) is 1. The van der Waals surface area contributed by atoms with Gasteiger partial charge in [0.05, 0.1) is 24.7 Å². The van der Waals surface area contributed by atoms with Crippen molar-refractivity contribution < 1.29 is 9.16 Å². The van der Waals surface area contributed by atoms with E-state index >= 15 is 0 Å². The van der Waals surface area contributed by atoms with Crippen molar-refractivity contribution in [2.24, 2.45) is 5.41 Å². The number of rotatable bonds is 4. The lowest BCUT2D eigenvalue weighted by Gasteiger charge is -2.53. The van der Waals surface area contributed by atoms with E-state index in [2.05, 4.69) is 48.4 Å². The number of hydrogen-bond donors (Lipinski definition) is 0. The molecule has 3 rings (SSSR count). The van der Waals surface area contributed by atoms with E-state index in [-0.39, 0.29) is 17.1 Å². The van der Waals surface area contributed by atoms with Gasteiger partial charge in [-0.05, 0) is 24.6 Å². The van der Waals surface area contributed by atoms with Gasteiger partial charge in [0.15, 0.2) is 9.04 Å². The maximum atomic E-state index is 6.49. The zero-order chi connectivity index (χ0) is 16.8. The topological polar surface area (TPSA) is 49.2 Å². The van der Waals surface area contributed by atoms with Crippen molar-refractivity contribution in [1.82, 2.24) is 14.5 Å². The van der Waals surface area contributed by atoms with E-state index in [1.54, 1.807) is 0 Å². The van der Waals surface area contributed by atoms with Gasteiger partial charge in [-0.3, -0.25) is 0 Å². The molecule has 0 aromatic carbocycles. The Morgan fingerprint density at radius 1 is 1.35 bits per heavy atom. The summed E-state index contributed by atoms with van der Waals surface area (Å²) in [7, 11) is -1.21. The largest absolute Gasteiger partial charge is 0.415 e. The highest BCUT2D eigenvalue weighted by Gasteiger charge is 2.53. The fourth-order valence-electron chi connectivity index (χ4n) is 3.42. The van der Waals surface area contributed by atoms with Crippen LogP contribution in [0, 0.1) is 5.41 Å². The zero-order valence-electron chi connectivity index (χ0n) is 14.3. The Bertz CT molecular complexity index is 707. The van der Waals surface area contributed by atoms with Crippen molar-refractivity contribution in [3.63, 3.8) is 0 Å². The molecule has 0 bridgehead atoms. The van der Waals surface area contributed by atoms with E-state index in [1.807, 2.05) is 12.3 Å². The molecular formula is C16H24ClN3O2Si. The van der Waals surface area contributed by atoms with Gasteiger partial charge in [0, 0.05) is 6.20 Å². The highest BCUT2D eigenvalue weighted by molar-refractivity contribution is 6.48. The number of nitrogens with zero attached hydrogens (tertiary/aromatic N) is 3. The van der Waals surface area contributed by atoms with Gasteiger partial charge in [-0.2, -0.15) is 0 Å². The first-order chi connectivity index (χ1) is 10.8. The Kier molecular flexibility index (Phi) is 4.29. The lowest BCUT2D eigenvalue weighted by molar-refractivity contribution is -0.175. The van der Waals surface area contributed by atoms with Crippen molar-refractivity contribution in [3.8, 4) is 0 Å². The number of aromatic nitrogens is 3. The minimum Gasteiger partial charge on any atom is -0.415 e. The molecule has 1 atom stereocenters. The third-order valence-corrected chi connectivity index (χ3v) is 5.42. The van der Waals surface area contributed by atoms with Crippen molar-refractivity contribution in [3.05, 3.63) is 23.7 Å². The van der Waals surface area contributed by atoms with E-state index < -0.39 is 9.04 Å². The maximum Gasteiger partial charge on any atom is 0.171 e. The predicted octanol–water partition coefficient (Wildman–Crippen LogP) is 3.22. The van der Waals surface area contributed by atoms with Crippen molar-refractivity contribution in [2.45, 2.75) is 45.5 Å². The first kappa shape index (κ1) is 16.9. The second-order valence-corrected chi connectivity index (χ2v) is 10.3. The molecule has 5 nitrogen and oxygen atoms in total. The molecule has 7 heteroatoms. The fourth-order valence-corrected chi connectivity index (χ4v) is 4.81. The molecule has 1 unspecified atom stereocenters. The lowest BCUT2D eigenvalue weighted by atomic mass is 9.75. The lowest BCUT2D eigenvalue weighted by Crippen LogP contribution is -2.64. The van der Waals surface area contributed by atoms with Crippen LogP contribution in [-0.4, -0.2) is 42.9 Å². The Labute approximate surface area is 143 Å². The zero-order valence-corrected chi connectivity index (χ0v) is 16.2. The number of hydrogen-bond acceptors (Lipinski definition) is 4. The van der Waals surface area contributed by atoms with E-state index in [4.69, 9.17) is 20.8 Å². The van der Waals surface area contributed by atoms with Crippen LogP contribution < -0.4 is 0 Å². The Morgan fingerprint density at radius 3 is 2.57 bits per heavy atom. The fraction of sp³-hybridized carbons (Fsp3) is 0.625. The summed E-state index contributed by atoms with van der Waals surface area (Å²) in [6, 6.07) is 1.98. The summed E-state index contributed by atoms with van der Waals surface area (Å²) >= 11 is 6.22. The Morgan fingerprint density at radius 2 is 2.04 bits per heavy atom. The molecule has 0 radical (unpaired) electrons. The van der Waals surface area contributed by atoms with Crippen molar-refractivity contribution >= 4 is 31.7 Å². The van der Waals surface area contributed by atoms with Crippen molar-refractivity contribution in [2.75, 3.05) is 13.2 Å². The summed E-state index contributed by atoms with van der Waals surface area (Å²) in [4.78, 5) is 8.54. The first-order valence-electron chi connectivity index (χ1n) is 7.97. The summed E-state index contributed by atoms with van der Waals surface area (Å²) in [6.07, 6.45) is 3.61. The van der Waals surface area contributed by atoms with Crippen LogP contribution in [0.25, 0.3) is 11.0 Å². The molecular weight excluding hydrogens is 330 g/mol. The monoisotopic (exact) mass is 353 g/mol. The van der Waals surface area contributed by atoms with Crippen LogP contribution in [0.15, 0.2) is 18.6 Å². The summed E-state index contributed by atoms with van der Waals surface area (Å²) in [5.41, 5.74) is 0.597. The molecule has 3 heterocycles. The van der Waals surface area contributed by atoms with Gasteiger partial charge >= 0.3 is 0 Å². The van der Waals surface area contributed by atoms with Crippen LogP contribution >= 0.6 is 11.6 Å². The van der Waals surface area contributed by atoms with E-state index in [0.29, 0.717) is 18.4 Å². The van der Waals surface area contributed by atoms with Gasteiger partial charge in [0.2, 0.25) is 0 Å². The third-order valence-electron chi connectivity index (χ3n) is 4.30. The normalized spacial score (nSPS) is 19.1. The highest BCUT2D eigenvalue weighted by Crippen LogP contribution is 2.43. The molecule has 0 aliphatic carbocycles. The molecule has 126 valence electrons. The SMILES string of the molecule is C[SiH](C)OC(C(C)(C)C)C1(n2ccc3c(Cl)ncnc32)COC1. The molecule has 0 saturated carbocycles. The van der Waals surface area contributed by atoms with E-state index in [9.17, 15) is 0 Å². The number of fused-ring (bicyclic) bond motifs is 1. The van der Waals surface area contributed by atoms with Gasteiger partial charge in [-0.1, -0.05) is 32.4 Å². The van der Waals surface area contributed by atoms with Gasteiger partial charge < -0.3 is 13.7 Å². The summed E-state index contributed by atoms with van der Waals surface area (Å²) in [6.45, 7) is 12.3. The van der Waals surface area contributed by atoms with Gasteiger partial charge in [-0.25, -0.2) is 9.97 Å². The Hall–Kier alpha value is -0.953. The second kappa shape index (κ2) is 5.84. The first-order valence-corrected chi connectivity index (χ1v) is 11.1. The summed E-state index contributed by atoms with van der Waals surface area (Å²) in [5, 5.41) is 1.35. The predicted molar refractivity (Wildman–Crippen MR) is 94.5 cm³/mol. The maximum absolute atomic E-state index is 6.49. The second-order valence-electron chi connectivity index (χ2n) is 7.61. The average Bonchev–Trinajstić information content (AvgIpc) is 2.81. The average molecular weight is 354 g/mol. The number of halogens is 1. The summed E-state index contributed by atoms with van der Waals surface area (Å²) < 4.78 is 14.3. The van der Waals surface area contributed by atoms with Gasteiger partial charge in [0.1, 0.15) is 22.7 Å².